The van der Waals surface area contributed by atoms with Crippen molar-refractivity contribution in [2.45, 2.75) is 24.5 Å². The highest BCUT2D eigenvalue weighted by molar-refractivity contribution is 5.95. The third kappa shape index (κ3) is 2.93. The number of carbonyl (C=O) groups excluding carboxylic acids is 1. The first-order valence-electron chi connectivity index (χ1n) is 8.36. The molecule has 2 heterocycles. The fourth-order valence-electron chi connectivity index (χ4n) is 3.45. The van der Waals surface area contributed by atoms with Crippen LogP contribution in [0.3, 0.4) is 0 Å². The van der Waals surface area contributed by atoms with Crippen LogP contribution in [0.25, 0.3) is 0 Å². The van der Waals surface area contributed by atoms with E-state index in [2.05, 4.69) is 15.9 Å². The molecule has 0 unspecified atom stereocenters. The molecule has 1 saturated carbocycles. The molecule has 7 heteroatoms. The van der Waals surface area contributed by atoms with Crippen molar-refractivity contribution >= 4 is 11.8 Å². The summed E-state index contributed by atoms with van der Waals surface area (Å²) in [4.78, 5) is 20.4. The molecule has 0 bridgehead atoms. The van der Waals surface area contributed by atoms with E-state index in [1.165, 1.54) is 24.3 Å². The van der Waals surface area contributed by atoms with E-state index in [1.807, 2.05) is 0 Å². The predicted octanol–water partition coefficient (Wildman–Crippen LogP) is 2.35. The Labute approximate surface area is 154 Å². The maximum atomic E-state index is 14.6. The maximum absolute atomic E-state index is 14.6. The highest BCUT2D eigenvalue weighted by Crippen LogP contribution is 2.53. The number of hydrogen-bond acceptors (Lipinski definition) is 5. The van der Waals surface area contributed by atoms with Gasteiger partial charge in [0.05, 0.1) is 6.20 Å². The number of Topliss-reactive ketones (excluding diaryl/α,β-unsaturated/α-hetero) is 1. The van der Waals surface area contributed by atoms with Crippen molar-refractivity contribution in [2.24, 2.45) is 16.6 Å². The van der Waals surface area contributed by atoms with Crippen LogP contribution in [0.15, 0.2) is 41.5 Å². The molecule has 1 aliphatic carbocycles. The number of ether oxygens (including phenoxy) is 1. The Morgan fingerprint density at radius 1 is 1.37 bits per heavy atom. The molecule has 1 aromatic carbocycles. The standard InChI is InChI=1S/C20H15F2N3O2/c1-2-20(14-9-18(14)27-19(23)25-20)13-7-11(3-5-15(13)22)8-17(26)16-6-4-12(21)10-24-16/h1,3-7,10,14,18H,8-9H2,(H2,23,25)/t14-,18+,20+/m0/s1. The van der Waals surface area contributed by atoms with Crippen LogP contribution in [0.1, 0.15) is 28.0 Å². The number of terminal acetylenes is 1. The molecule has 2 aromatic rings. The van der Waals surface area contributed by atoms with Crippen molar-refractivity contribution in [3.05, 3.63) is 65.0 Å². The normalized spacial score (nSPS) is 25.6. The van der Waals surface area contributed by atoms with E-state index in [0.717, 1.165) is 12.3 Å². The predicted molar refractivity (Wildman–Crippen MR) is 93.7 cm³/mol. The van der Waals surface area contributed by atoms with Gasteiger partial charge in [-0.25, -0.2) is 13.8 Å². The summed E-state index contributed by atoms with van der Waals surface area (Å²) >= 11 is 0. The smallest absolute Gasteiger partial charge is 0.284 e. The van der Waals surface area contributed by atoms with Crippen LogP contribution in [0.4, 0.5) is 8.78 Å². The minimum atomic E-state index is -1.25. The van der Waals surface area contributed by atoms with Crippen LogP contribution in [-0.4, -0.2) is 22.9 Å². The zero-order valence-corrected chi connectivity index (χ0v) is 14.2. The van der Waals surface area contributed by atoms with E-state index in [0.29, 0.717) is 12.0 Å². The zero-order valence-electron chi connectivity index (χ0n) is 14.2. The molecule has 0 saturated heterocycles. The van der Waals surface area contributed by atoms with Crippen LogP contribution in [0, 0.1) is 29.9 Å². The highest BCUT2D eigenvalue weighted by atomic mass is 19.1. The average Bonchev–Trinajstić information content (AvgIpc) is 3.43. The summed E-state index contributed by atoms with van der Waals surface area (Å²) in [6.07, 6.45) is 7.13. The molecule has 3 atom stereocenters. The number of halogens is 2. The first kappa shape index (κ1) is 17.2. The molecule has 27 heavy (non-hydrogen) atoms. The highest BCUT2D eigenvalue weighted by Gasteiger charge is 2.59. The second-order valence-corrected chi connectivity index (χ2v) is 6.64. The summed E-state index contributed by atoms with van der Waals surface area (Å²) in [7, 11) is 0. The van der Waals surface area contributed by atoms with Crippen LogP contribution >= 0.6 is 0 Å². The number of fused-ring (bicyclic) bond motifs is 1. The fraction of sp³-hybridized carbons (Fsp3) is 0.250. The number of amidine groups is 1. The van der Waals surface area contributed by atoms with E-state index in [-0.39, 0.29) is 41.5 Å². The monoisotopic (exact) mass is 367 g/mol. The van der Waals surface area contributed by atoms with Crippen molar-refractivity contribution in [3.63, 3.8) is 0 Å². The van der Waals surface area contributed by atoms with Crippen molar-refractivity contribution in [1.82, 2.24) is 4.98 Å². The lowest BCUT2D eigenvalue weighted by Gasteiger charge is -2.29. The van der Waals surface area contributed by atoms with Gasteiger partial charge in [0, 0.05) is 17.9 Å². The largest absolute Gasteiger partial charge is 0.462 e. The number of ketones is 1. The quantitative estimate of drug-likeness (QED) is 0.665. The minimum absolute atomic E-state index is 0.0314. The Balaban J connectivity index is 1.68. The van der Waals surface area contributed by atoms with Gasteiger partial charge in [-0.2, -0.15) is 0 Å². The van der Waals surface area contributed by atoms with Crippen LogP contribution < -0.4 is 5.73 Å². The Kier molecular flexibility index (Phi) is 3.92. The van der Waals surface area contributed by atoms with Crippen LogP contribution in [0.2, 0.25) is 0 Å². The van der Waals surface area contributed by atoms with E-state index in [4.69, 9.17) is 16.9 Å². The Bertz CT molecular complexity index is 997. The van der Waals surface area contributed by atoms with Gasteiger partial charge in [0.25, 0.3) is 6.02 Å². The minimum Gasteiger partial charge on any atom is -0.462 e. The van der Waals surface area contributed by atoms with E-state index < -0.39 is 17.2 Å². The number of carbonyl (C=O) groups is 1. The lowest BCUT2D eigenvalue weighted by atomic mass is 9.84. The van der Waals surface area contributed by atoms with Crippen molar-refractivity contribution in [3.8, 4) is 12.3 Å². The average molecular weight is 367 g/mol. The lowest BCUT2D eigenvalue weighted by molar-refractivity contribution is 0.0988. The first-order chi connectivity index (χ1) is 12.9. The number of aromatic nitrogens is 1. The van der Waals surface area contributed by atoms with Gasteiger partial charge in [-0.05, 0) is 36.2 Å². The summed E-state index contributed by atoms with van der Waals surface area (Å²) in [6.45, 7) is 0. The number of benzene rings is 1. The molecular formula is C20H15F2N3O2. The van der Waals surface area contributed by atoms with E-state index >= 15 is 0 Å². The Morgan fingerprint density at radius 3 is 2.89 bits per heavy atom. The van der Waals surface area contributed by atoms with Crippen LogP contribution in [-0.2, 0) is 16.7 Å². The molecule has 1 fully saturated rings. The Hall–Kier alpha value is -3.27. The van der Waals surface area contributed by atoms with Crippen molar-refractivity contribution in [2.75, 3.05) is 0 Å². The van der Waals surface area contributed by atoms with Crippen molar-refractivity contribution < 1.29 is 18.3 Å². The van der Waals surface area contributed by atoms with Gasteiger partial charge in [0.1, 0.15) is 23.4 Å². The molecule has 0 amide bonds. The molecule has 0 radical (unpaired) electrons. The molecule has 1 aromatic heterocycles. The summed E-state index contributed by atoms with van der Waals surface area (Å²) in [5.41, 5.74) is 5.34. The molecular weight excluding hydrogens is 352 g/mol. The van der Waals surface area contributed by atoms with Gasteiger partial charge in [-0.3, -0.25) is 9.78 Å². The fourth-order valence-corrected chi connectivity index (χ4v) is 3.45. The number of nitrogens with zero attached hydrogens (tertiary/aromatic N) is 2. The summed E-state index contributed by atoms with van der Waals surface area (Å²) in [6, 6.07) is 6.70. The lowest BCUT2D eigenvalue weighted by Crippen LogP contribution is -2.37. The van der Waals surface area contributed by atoms with Gasteiger partial charge >= 0.3 is 0 Å². The van der Waals surface area contributed by atoms with Crippen molar-refractivity contribution in [1.29, 1.82) is 0 Å². The first-order valence-corrected chi connectivity index (χ1v) is 8.36. The zero-order chi connectivity index (χ0) is 19.2. The summed E-state index contributed by atoms with van der Waals surface area (Å²) in [5.74, 6) is 1.06. The molecule has 5 nitrogen and oxygen atoms in total. The summed E-state index contributed by atoms with van der Waals surface area (Å²) in [5, 5.41) is 0. The molecule has 2 N–H and O–H groups in total. The van der Waals surface area contributed by atoms with Gasteiger partial charge in [-0.1, -0.05) is 12.0 Å². The Morgan fingerprint density at radius 2 is 2.19 bits per heavy atom. The van der Waals surface area contributed by atoms with Gasteiger partial charge < -0.3 is 10.5 Å². The van der Waals surface area contributed by atoms with Gasteiger partial charge in [0.15, 0.2) is 11.3 Å². The number of pyridine rings is 1. The second-order valence-electron chi connectivity index (χ2n) is 6.64. The van der Waals surface area contributed by atoms with Crippen LogP contribution in [0.5, 0.6) is 0 Å². The topological polar surface area (TPSA) is 77.6 Å². The number of aliphatic imine (C=N–C) groups is 1. The number of hydrogen-bond donors (Lipinski definition) is 1. The molecule has 2 aliphatic rings. The SMILES string of the molecule is C#C[C@]1(c2cc(CC(=O)c3ccc(F)cn3)ccc2F)N=C(N)O[C@@H]2C[C@@H]21. The third-order valence-corrected chi connectivity index (χ3v) is 4.87. The van der Waals surface area contributed by atoms with Gasteiger partial charge in [-0.15, -0.1) is 6.42 Å². The third-order valence-electron chi connectivity index (χ3n) is 4.87. The molecule has 136 valence electrons. The van der Waals surface area contributed by atoms with Gasteiger partial charge in [0.2, 0.25) is 0 Å². The maximum Gasteiger partial charge on any atom is 0.284 e. The number of nitrogens with two attached hydrogens (primary N) is 1. The second kappa shape index (κ2) is 6.16. The van der Waals surface area contributed by atoms with E-state index in [1.54, 1.807) is 0 Å². The van der Waals surface area contributed by atoms with E-state index in [9.17, 15) is 13.6 Å². The molecule has 4 rings (SSSR count). The number of rotatable bonds is 4. The molecule has 1 aliphatic heterocycles. The summed E-state index contributed by atoms with van der Waals surface area (Å²) < 4.78 is 32.9. The molecule has 0 spiro atoms.